The van der Waals surface area contributed by atoms with Gasteiger partial charge in [-0.3, -0.25) is 19.3 Å². The number of carbonyl (C=O) groups is 3. The van der Waals surface area contributed by atoms with Gasteiger partial charge in [-0.2, -0.15) is 10.4 Å². The van der Waals surface area contributed by atoms with E-state index in [-0.39, 0.29) is 13.0 Å². The highest BCUT2D eigenvalue weighted by Gasteiger charge is 2.43. The molecule has 1 aliphatic heterocycles. The van der Waals surface area contributed by atoms with Crippen LogP contribution >= 0.6 is 11.3 Å². The van der Waals surface area contributed by atoms with Crippen LogP contribution in [0.15, 0.2) is 47.6 Å². The van der Waals surface area contributed by atoms with E-state index >= 15 is 0 Å². The molecule has 1 saturated heterocycles. The number of para-hydroxylation sites is 1. The van der Waals surface area contributed by atoms with Crippen LogP contribution in [-0.4, -0.2) is 34.8 Å². The van der Waals surface area contributed by atoms with Crippen molar-refractivity contribution in [2.45, 2.75) is 26.2 Å². The number of rotatable bonds is 4. The van der Waals surface area contributed by atoms with Gasteiger partial charge in [0.1, 0.15) is 17.3 Å². The molecule has 32 heavy (non-hydrogen) atoms. The summed E-state index contributed by atoms with van der Waals surface area (Å²) in [5, 5.41) is 13.3. The lowest BCUT2D eigenvalue weighted by molar-refractivity contribution is -0.136. The molecule has 4 rings (SSSR count). The van der Waals surface area contributed by atoms with Gasteiger partial charge >= 0.3 is 0 Å². The molecule has 1 aliphatic rings. The van der Waals surface area contributed by atoms with Gasteiger partial charge in [0, 0.05) is 5.69 Å². The molecule has 0 radical (unpaired) electrons. The quantitative estimate of drug-likeness (QED) is 0.490. The van der Waals surface area contributed by atoms with Crippen molar-refractivity contribution in [3.05, 3.63) is 58.6 Å². The van der Waals surface area contributed by atoms with Crippen molar-refractivity contribution in [1.82, 2.24) is 10.4 Å². The number of nitrogens with one attached hydrogen (secondary N) is 1. The lowest BCUT2D eigenvalue weighted by Crippen LogP contribution is -2.51. The zero-order valence-electron chi connectivity index (χ0n) is 17.5. The molecule has 8 nitrogen and oxygen atoms in total. The molecule has 0 saturated carbocycles. The van der Waals surface area contributed by atoms with E-state index in [0.29, 0.717) is 16.4 Å². The molecule has 0 unspecified atom stereocenters. The van der Waals surface area contributed by atoms with E-state index in [2.05, 4.69) is 15.5 Å². The second-order valence-electron chi connectivity index (χ2n) is 7.47. The third kappa shape index (κ3) is 4.00. The van der Waals surface area contributed by atoms with Gasteiger partial charge in [0.2, 0.25) is 5.78 Å². The monoisotopic (exact) mass is 445 g/mol. The van der Waals surface area contributed by atoms with Gasteiger partial charge in [0.05, 0.1) is 28.5 Å². The smallest absolute Gasteiger partial charge is 0.295 e. The summed E-state index contributed by atoms with van der Waals surface area (Å²) in [7, 11) is 0. The Hall–Kier alpha value is -3.90. The van der Waals surface area contributed by atoms with E-state index in [1.165, 1.54) is 16.2 Å². The molecule has 1 atom stereocenters. The van der Waals surface area contributed by atoms with Crippen molar-refractivity contribution in [3.63, 3.8) is 0 Å². The fourth-order valence-electron chi connectivity index (χ4n) is 3.55. The maximum Gasteiger partial charge on any atom is 0.295 e. The first kappa shape index (κ1) is 21.3. The molecule has 2 heterocycles. The fraction of sp³-hybridized carbons (Fsp3) is 0.217. The number of aryl methyl sites for hydroxylation is 2. The average Bonchev–Trinajstić information content (AvgIpc) is 3.20. The number of thiazole rings is 1. The number of nitriles is 1. The summed E-state index contributed by atoms with van der Waals surface area (Å²) >= 11 is 1.31. The molecule has 0 aliphatic carbocycles. The first-order valence-electron chi connectivity index (χ1n) is 9.89. The molecule has 9 heteroatoms. The van der Waals surface area contributed by atoms with E-state index in [4.69, 9.17) is 5.26 Å². The van der Waals surface area contributed by atoms with E-state index in [1.807, 2.05) is 56.3 Å². The number of hydrogen-bond acceptors (Lipinski definition) is 7. The van der Waals surface area contributed by atoms with Gasteiger partial charge in [0.15, 0.2) is 0 Å². The number of Topliss-reactive ketones (excluding diaryl/α,β-unsaturated/α-hetero) is 1. The number of hydrazone groups is 1. The van der Waals surface area contributed by atoms with E-state index in [9.17, 15) is 14.4 Å². The summed E-state index contributed by atoms with van der Waals surface area (Å²) in [6.07, 6.45) is -0.365. The van der Waals surface area contributed by atoms with Crippen molar-refractivity contribution < 1.29 is 14.4 Å². The zero-order chi connectivity index (χ0) is 22.8. The number of amides is 2. The van der Waals surface area contributed by atoms with Crippen LogP contribution in [-0.2, 0) is 14.4 Å². The Kier molecular flexibility index (Phi) is 5.79. The van der Waals surface area contributed by atoms with E-state index in [0.717, 1.165) is 21.3 Å². The SMILES string of the molecule is Cc1ccc(C)c(N2C/C(=N/NC(=O)CC#N)[C@@H](c3nc4ccccc4s3)C(=O)C2=O)c1. The van der Waals surface area contributed by atoms with Crippen LogP contribution in [0.25, 0.3) is 10.2 Å². The second-order valence-corrected chi connectivity index (χ2v) is 8.53. The number of ketones is 1. The van der Waals surface area contributed by atoms with Crippen LogP contribution in [0.2, 0.25) is 0 Å². The Morgan fingerprint density at radius 2 is 2.06 bits per heavy atom. The van der Waals surface area contributed by atoms with Gasteiger partial charge in [0.25, 0.3) is 11.8 Å². The first-order chi connectivity index (χ1) is 15.4. The summed E-state index contributed by atoms with van der Waals surface area (Å²) < 4.78 is 0.882. The van der Waals surface area contributed by atoms with E-state index < -0.39 is 23.5 Å². The molecular weight excluding hydrogens is 426 g/mol. The Morgan fingerprint density at radius 1 is 1.28 bits per heavy atom. The van der Waals surface area contributed by atoms with Crippen molar-refractivity contribution in [2.75, 3.05) is 11.4 Å². The van der Waals surface area contributed by atoms with E-state index in [1.54, 1.807) is 6.07 Å². The highest BCUT2D eigenvalue weighted by Crippen LogP contribution is 2.34. The Balaban J connectivity index is 1.78. The normalized spacial score (nSPS) is 17.6. The number of hydrogen-bond donors (Lipinski definition) is 1. The Morgan fingerprint density at radius 3 is 2.81 bits per heavy atom. The molecule has 0 spiro atoms. The van der Waals surface area contributed by atoms with Gasteiger partial charge < -0.3 is 0 Å². The van der Waals surface area contributed by atoms with Gasteiger partial charge in [-0.1, -0.05) is 24.3 Å². The lowest BCUT2D eigenvalue weighted by Gasteiger charge is -2.32. The van der Waals surface area contributed by atoms with Crippen LogP contribution < -0.4 is 10.3 Å². The molecule has 160 valence electrons. The average molecular weight is 446 g/mol. The van der Waals surface area contributed by atoms with Crippen molar-refractivity contribution in [3.8, 4) is 6.07 Å². The molecule has 0 bridgehead atoms. The predicted molar refractivity (Wildman–Crippen MR) is 121 cm³/mol. The summed E-state index contributed by atoms with van der Waals surface area (Å²) in [6.45, 7) is 3.78. The Bertz CT molecular complexity index is 1290. The standard InChI is InChI=1S/C23H19N5O3S/c1-13-7-8-14(2)17(11-13)28-12-16(26-27-19(29)9-10-24)20(21(30)23(28)31)22-25-15-5-3-4-6-18(15)32-22/h3-8,11,20H,9,12H2,1-2H3,(H,27,29)/b26-16-/t20-/m1/s1. The number of anilines is 1. The summed E-state index contributed by atoms with van der Waals surface area (Å²) in [4.78, 5) is 44.2. The van der Waals surface area contributed by atoms with Crippen molar-refractivity contribution >= 4 is 50.6 Å². The maximum absolute atomic E-state index is 13.3. The largest absolute Gasteiger partial charge is 0.300 e. The Labute approximate surface area is 188 Å². The topological polar surface area (TPSA) is 116 Å². The molecule has 1 N–H and O–H groups in total. The van der Waals surface area contributed by atoms with Crippen molar-refractivity contribution in [1.29, 1.82) is 5.26 Å². The minimum Gasteiger partial charge on any atom is -0.300 e. The molecule has 3 aromatic rings. The molecular formula is C23H19N5O3S. The summed E-state index contributed by atoms with van der Waals surface area (Å²) in [5.74, 6) is -2.90. The number of piperidine rings is 1. The fourth-order valence-corrected chi connectivity index (χ4v) is 4.65. The number of carbonyl (C=O) groups excluding carboxylic acids is 3. The van der Waals surface area contributed by atoms with Crippen LogP contribution in [0.4, 0.5) is 5.69 Å². The van der Waals surface area contributed by atoms with Gasteiger partial charge in [-0.25, -0.2) is 10.4 Å². The van der Waals surface area contributed by atoms with Gasteiger partial charge in [-0.15, -0.1) is 11.3 Å². The van der Waals surface area contributed by atoms with Gasteiger partial charge in [-0.05, 0) is 43.2 Å². The summed E-state index contributed by atoms with van der Waals surface area (Å²) in [6, 6.07) is 14.8. The first-order valence-corrected chi connectivity index (χ1v) is 10.7. The lowest BCUT2D eigenvalue weighted by atomic mass is 9.92. The number of fused-ring (bicyclic) bond motifs is 1. The van der Waals surface area contributed by atoms with Crippen LogP contribution in [0.3, 0.4) is 0 Å². The third-order valence-corrected chi connectivity index (χ3v) is 6.25. The summed E-state index contributed by atoms with van der Waals surface area (Å²) in [5.41, 5.74) is 5.74. The molecule has 2 amide bonds. The minimum atomic E-state index is -0.997. The zero-order valence-corrected chi connectivity index (χ0v) is 18.3. The predicted octanol–water partition coefficient (Wildman–Crippen LogP) is 3.00. The van der Waals surface area contributed by atoms with Crippen LogP contribution in [0.1, 0.15) is 28.5 Å². The highest BCUT2D eigenvalue weighted by molar-refractivity contribution is 7.19. The maximum atomic E-state index is 13.3. The minimum absolute atomic E-state index is 0.0162. The molecule has 2 aromatic carbocycles. The highest BCUT2D eigenvalue weighted by atomic mass is 32.1. The number of nitrogens with zero attached hydrogens (tertiary/aromatic N) is 4. The second kappa shape index (κ2) is 8.69. The third-order valence-electron chi connectivity index (χ3n) is 5.15. The van der Waals surface area contributed by atoms with Crippen molar-refractivity contribution in [2.24, 2.45) is 5.10 Å². The molecule has 1 aromatic heterocycles. The van der Waals surface area contributed by atoms with Crippen LogP contribution in [0, 0.1) is 25.2 Å². The van der Waals surface area contributed by atoms with Crippen LogP contribution in [0.5, 0.6) is 0 Å². The molecule has 1 fully saturated rings. The number of aromatic nitrogens is 1. The number of benzene rings is 2.